The molecule has 5 atom stereocenters. The minimum atomic E-state index is 0.858. The molecule has 0 aliphatic heterocycles. The Kier molecular flexibility index (Phi) is 4.22. The molecule has 1 N–H and O–H groups in total. The van der Waals surface area contributed by atoms with Gasteiger partial charge in [0.15, 0.2) is 0 Å². The van der Waals surface area contributed by atoms with Crippen LogP contribution in [-0.2, 0) is 0 Å². The van der Waals surface area contributed by atoms with E-state index in [9.17, 15) is 0 Å². The molecule has 3 aliphatic carbocycles. The summed E-state index contributed by atoms with van der Waals surface area (Å²) in [6, 6.07) is 0.858. The molecular weight excluding hydrogens is 230 g/mol. The van der Waals surface area contributed by atoms with E-state index in [-0.39, 0.29) is 0 Å². The van der Waals surface area contributed by atoms with Crippen molar-refractivity contribution >= 4 is 0 Å². The quantitative estimate of drug-likeness (QED) is 0.681. The van der Waals surface area contributed by atoms with Gasteiger partial charge in [-0.2, -0.15) is 0 Å². The highest BCUT2D eigenvalue weighted by Gasteiger charge is 2.66. The summed E-state index contributed by atoms with van der Waals surface area (Å²) in [5, 5.41) is 3.90. The Labute approximate surface area is 119 Å². The maximum Gasteiger partial charge on any atom is 0.0101 e. The maximum absolute atomic E-state index is 3.90. The zero-order valence-electron chi connectivity index (χ0n) is 13.2. The van der Waals surface area contributed by atoms with Crippen LogP contribution in [0.25, 0.3) is 0 Å². The molecule has 19 heavy (non-hydrogen) atoms. The second kappa shape index (κ2) is 5.76. The van der Waals surface area contributed by atoms with Gasteiger partial charge in [-0.1, -0.05) is 33.6 Å². The van der Waals surface area contributed by atoms with Gasteiger partial charge < -0.3 is 5.32 Å². The van der Waals surface area contributed by atoms with Crippen molar-refractivity contribution in [2.45, 2.75) is 71.8 Å². The zero-order valence-corrected chi connectivity index (χ0v) is 13.2. The van der Waals surface area contributed by atoms with Crippen molar-refractivity contribution < 1.29 is 0 Å². The minimum absolute atomic E-state index is 0.858. The summed E-state index contributed by atoms with van der Waals surface area (Å²) in [5.41, 5.74) is 0. The molecule has 3 fully saturated rings. The lowest BCUT2D eigenvalue weighted by molar-refractivity contribution is 0.336. The molecule has 5 unspecified atom stereocenters. The molecule has 0 amide bonds. The third kappa shape index (κ3) is 2.73. The van der Waals surface area contributed by atoms with E-state index >= 15 is 0 Å². The Morgan fingerprint density at radius 2 is 1.74 bits per heavy atom. The molecule has 1 heteroatoms. The topological polar surface area (TPSA) is 12.0 Å². The second-order valence-electron chi connectivity index (χ2n) is 7.95. The molecule has 3 saturated carbocycles. The van der Waals surface area contributed by atoms with Crippen LogP contribution in [0.15, 0.2) is 0 Å². The zero-order chi connectivity index (χ0) is 13.4. The fourth-order valence-electron chi connectivity index (χ4n) is 5.44. The van der Waals surface area contributed by atoms with Crippen molar-refractivity contribution in [2.24, 2.45) is 35.5 Å². The van der Waals surface area contributed by atoms with Gasteiger partial charge in [-0.05, 0) is 74.2 Å². The van der Waals surface area contributed by atoms with E-state index in [2.05, 4.69) is 26.1 Å². The molecule has 0 saturated heterocycles. The summed E-state index contributed by atoms with van der Waals surface area (Å²) in [4.78, 5) is 0. The Morgan fingerprint density at radius 3 is 2.32 bits per heavy atom. The van der Waals surface area contributed by atoms with Gasteiger partial charge in [0.2, 0.25) is 0 Å². The first kappa shape index (κ1) is 13.9. The van der Waals surface area contributed by atoms with Crippen LogP contribution in [-0.4, -0.2) is 12.6 Å². The molecule has 1 nitrogen and oxygen atoms in total. The van der Waals surface area contributed by atoms with Gasteiger partial charge in [-0.15, -0.1) is 0 Å². The Balaban J connectivity index is 1.52. The summed E-state index contributed by atoms with van der Waals surface area (Å²) in [5.74, 6) is 6.51. The van der Waals surface area contributed by atoms with E-state index in [0.717, 1.165) is 41.5 Å². The molecule has 2 bridgehead atoms. The molecule has 0 aromatic rings. The van der Waals surface area contributed by atoms with Gasteiger partial charge in [0, 0.05) is 6.04 Å². The van der Waals surface area contributed by atoms with Crippen LogP contribution in [0.4, 0.5) is 0 Å². The predicted octanol–water partition coefficient (Wildman–Crippen LogP) is 4.47. The third-order valence-corrected chi connectivity index (χ3v) is 6.21. The van der Waals surface area contributed by atoms with E-state index in [0.29, 0.717) is 0 Å². The monoisotopic (exact) mass is 263 g/mol. The van der Waals surface area contributed by atoms with E-state index in [1.807, 2.05) is 0 Å². The normalized spacial score (nSPS) is 40.7. The molecular formula is C18H33N. The molecule has 3 aliphatic rings. The van der Waals surface area contributed by atoms with E-state index in [1.54, 1.807) is 19.3 Å². The van der Waals surface area contributed by atoms with Crippen molar-refractivity contribution in [3.05, 3.63) is 0 Å². The van der Waals surface area contributed by atoms with Crippen molar-refractivity contribution in [1.29, 1.82) is 0 Å². The molecule has 3 rings (SSSR count). The fourth-order valence-corrected chi connectivity index (χ4v) is 5.44. The molecule has 0 radical (unpaired) electrons. The van der Waals surface area contributed by atoms with Crippen LogP contribution in [0, 0.1) is 35.5 Å². The van der Waals surface area contributed by atoms with Crippen molar-refractivity contribution in [2.75, 3.05) is 6.54 Å². The number of rotatable bonds is 8. The van der Waals surface area contributed by atoms with Crippen LogP contribution in [0.3, 0.4) is 0 Å². The van der Waals surface area contributed by atoms with E-state index < -0.39 is 0 Å². The van der Waals surface area contributed by atoms with E-state index in [1.165, 1.54) is 32.2 Å². The number of fused-ring (bicyclic) bond motifs is 5. The van der Waals surface area contributed by atoms with Gasteiger partial charge in [0.1, 0.15) is 0 Å². The first-order valence-corrected chi connectivity index (χ1v) is 8.95. The third-order valence-electron chi connectivity index (χ3n) is 6.21. The van der Waals surface area contributed by atoms with Gasteiger partial charge in [-0.3, -0.25) is 0 Å². The summed E-state index contributed by atoms with van der Waals surface area (Å²) >= 11 is 0. The summed E-state index contributed by atoms with van der Waals surface area (Å²) in [7, 11) is 0. The van der Waals surface area contributed by atoms with E-state index in [4.69, 9.17) is 0 Å². The molecule has 0 aromatic carbocycles. The Hall–Kier alpha value is -0.0400. The van der Waals surface area contributed by atoms with Crippen molar-refractivity contribution in [3.8, 4) is 0 Å². The van der Waals surface area contributed by atoms with Crippen LogP contribution in [0.5, 0.6) is 0 Å². The maximum atomic E-state index is 3.90. The van der Waals surface area contributed by atoms with Crippen LogP contribution in [0.2, 0.25) is 0 Å². The van der Waals surface area contributed by atoms with Gasteiger partial charge in [0.05, 0.1) is 0 Å². The number of nitrogens with one attached hydrogen (secondary N) is 1. The van der Waals surface area contributed by atoms with Crippen molar-refractivity contribution in [1.82, 2.24) is 5.32 Å². The van der Waals surface area contributed by atoms with Crippen LogP contribution >= 0.6 is 0 Å². The molecule has 0 aromatic heterocycles. The highest BCUT2D eigenvalue weighted by atomic mass is 14.9. The predicted molar refractivity (Wildman–Crippen MR) is 82.1 cm³/mol. The van der Waals surface area contributed by atoms with Gasteiger partial charge in [0.25, 0.3) is 0 Å². The molecule has 0 spiro atoms. The lowest BCUT2D eigenvalue weighted by atomic mass is 9.93. The average Bonchev–Trinajstić information content (AvgIpc) is 2.81. The van der Waals surface area contributed by atoms with Crippen molar-refractivity contribution in [3.63, 3.8) is 0 Å². The highest BCUT2D eigenvalue weighted by Crippen LogP contribution is 2.70. The SMILES string of the molecule is CCCNC(CCCC(C)C)C1C2C3CCC(C3)C21. The minimum Gasteiger partial charge on any atom is -0.314 e. The largest absolute Gasteiger partial charge is 0.314 e. The standard InChI is InChI=1S/C18H33N/c1-4-10-19-15(7-5-6-12(2)3)18-16-13-8-9-14(11-13)17(16)18/h12-19H,4-11H2,1-3H3. The first-order valence-electron chi connectivity index (χ1n) is 8.95. The first-order chi connectivity index (χ1) is 9.22. The van der Waals surface area contributed by atoms with Crippen LogP contribution < -0.4 is 5.32 Å². The van der Waals surface area contributed by atoms with Gasteiger partial charge >= 0.3 is 0 Å². The summed E-state index contributed by atoms with van der Waals surface area (Å²) in [6.45, 7) is 8.26. The molecule has 0 heterocycles. The van der Waals surface area contributed by atoms with Crippen LogP contribution in [0.1, 0.15) is 65.7 Å². The fraction of sp³-hybridized carbons (Fsp3) is 1.00. The summed E-state index contributed by atoms with van der Waals surface area (Å²) < 4.78 is 0. The smallest absolute Gasteiger partial charge is 0.0101 e. The average molecular weight is 263 g/mol. The number of hydrogen-bond acceptors (Lipinski definition) is 1. The Morgan fingerprint density at radius 1 is 1.05 bits per heavy atom. The lowest BCUT2D eigenvalue weighted by Gasteiger charge is -2.22. The van der Waals surface area contributed by atoms with Gasteiger partial charge in [-0.25, -0.2) is 0 Å². The lowest BCUT2D eigenvalue weighted by Crippen LogP contribution is -2.34. The number of hydrogen-bond donors (Lipinski definition) is 1. The summed E-state index contributed by atoms with van der Waals surface area (Å²) in [6.07, 6.45) is 10.3. The molecule has 110 valence electrons. The highest BCUT2D eigenvalue weighted by molar-refractivity contribution is 5.15. The Bertz CT molecular complexity index is 282. The second-order valence-corrected chi connectivity index (χ2v) is 7.95.